The minimum absolute atomic E-state index is 0.00760. The molecule has 1 saturated heterocycles. The quantitative estimate of drug-likeness (QED) is 0.823. The second-order valence-corrected chi connectivity index (χ2v) is 7.77. The van der Waals surface area contributed by atoms with Gasteiger partial charge in [0, 0.05) is 17.6 Å². The fourth-order valence-electron chi connectivity index (χ4n) is 2.72. The first-order valence-corrected chi connectivity index (χ1v) is 8.57. The maximum atomic E-state index is 13.4. The molecule has 0 radical (unpaired) electrons. The van der Waals surface area contributed by atoms with Crippen molar-refractivity contribution in [1.82, 2.24) is 4.90 Å². The summed E-state index contributed by atoms with van der Waals surface area (Å²) in [6.45, 7) is 6.57. The molecule has 1 aliphatic rings. The topological polar surface area (TPSA) is 49.8 Å². The predicted octanol–water partition coefficient (Wildman–Crippen LogP) is 4.27. The minimum Gasteiger partial charge on any atom is -0.444 e. The van der Waals surface area contributed by atoms with Gasteiger partial charge in [-0.2, -0.15) is 0 Å². The smallest absolute Gasteiger partial charge is 0.410 e. The van der Waals surface area contributed by atoms with Crippen LogP contribution in [-0.2, 0) is 4.74 Å². The Morgan fingerprint density at radius 3 is 2.57 bits per heavy atom. The monoisotopic (exact) mass is 387 g/mol. The molecule has 1 heterocycles. The van der Waals surface area contributed by atoms with Gasteiger partial charge in [-0.25, -0.2) is 9.18 Å². The van der Waals surface area contributed by atoms with Crippen molar-refractivity contribution >= 4 is 22.0 Å². The molecule has 1 fully saturated rings. The van der Waals surface area contributed by atoms with E-state index >= 15 is 0 Å². The first kappa shape index (κ1) is 18.2. The van der Waals surface area contributed by atoms with Gasteiger partial charge in [0.15, 0.2) is 0 Å². The van der Waals surface area contributed by atoms with Crippen LogP contribution in [0, 0.1) is 11.7 Å². The van der Waals surface area contributed by atoms with Gasteiger partial charge in [0.2, 0.25) is 0 Å². The minimum atomic E-state index is -0.749. The van der Waals surface area contributed by atoms with Gasteiger partial charge in [-0.1, -0.05) is 15.9 Å². The number of ether oxygens (including phenoxy) is 1. The summed E-state index contributed by atoms with van der Waals surface area (Å²) in [7, 11) is 0. The summed E-state index contributed by atoms with van der Waals surface area (Å²) in [5, 5.41) is 10.5. The van der Waals surface area contributed by atoms with Crippen LogP contribution >= 0.6 is 15.9 Å². The van der Waals surface area contributed by atoms with Gasteiger partial charge in [-0.05, 0) is 63.3 Å². The van der Waals surface area contributed by atoms with Crippen molar-refractivity contribution in [2.75, 3.05) is 13.1 Å². The predicted molar refractivity (Wildman–Crippen MR) is 89.6 cm³/mol. The van der Waals surface area contributed by atoms with Crippen LogP contribution in [0.15, 0.2) is 22.7 Å². The molecule has 0 saturated carbocycles. The Kier molecular flexibility index (Phi) is 5.68. The molecule has 0 spiro atoms. The number of carbonyl (C=O) groups is 1. The summed E-state index contributed by atoms with van der Waals surface area (Å²) in [6.07, 6.45) is 0.241. The highest BCUT2D eigenvalue weighted by Gasteiger charge is 2.31. The molecule has 1 atom stereocenters. The van der Waals surface area contributed by atoms with Gasteiger partial charge in [-0.15, -0.1) is 0 Å². The third-order valence-electron chi connectivity index (χ3n) is 3.91. The average molecular weight is 388 g/mol. The number of aliphatic hydroxyl groups is 1. The second-order valence-electron chi connectivity index (χ2n) is 6.92. The van der Waals surface area contributed by atoms with Gasteiger partial charge >= 0.3 is 6.09 Å². The van der Waals surface area contributed by atoms with Crippen molar-refractivity contribution < 1.29 is 19.0 Å². The number of carbonyl (C=O) groups excluding carboxylic acids is 1. The lowest BCUT2D eigenvalue weighted by Gasteiger charge is -2.35. The molecule has 23 heavy (non-hydrogen) atoms. The Labute approximate surface area is 144 Å². The van der Waals surface area contributed by atoms with Gasteiger partial charge in [0.25, 0.3) is 0 Å². The van der Waals surface area contributed by atoms with Gasteiger partial charge in [0.05, 0.1) is 6.10 Å². The van der Waals surface area contributed by atoms with E-state index in [-0.39, 0.29) is 17.8 Å². The highest BCUT2D eigenvalue weighted by atomic mass is 79.9. The number of amides is 1. The van der Waals surface area contributed by atoms with Crippen molar-refractivity contribution in [2.45, 2.75) is 45.3 Å². The number of hydrogen-bond acceptors (Lipinski definition) is 3. The van der Waals surface area contributed by atoms with Gasteiger partial charge in [-0.3, -0.25) is 0 Å². The number of aliphatic hydroxyl groups excluding tert-OH is 1. The standard InChI is InChI=1S/C17H23BrFNO3/c1-17(2,3)23-16(22)20-8-6-11(7-9-20)15(21)13-10-12(19)4-5-14(13)18/h4-5,10-11,15,21H,6-9H2,1-3H3. The normalized spacial score (nSPS) is 17.9. The summed E-state index contributed by atoms with van der Waals surface area (Å²) in [4.78, 5) is 13.7. The summed E-state index contributed by atoms with van der Waals surface area (Å²) in [5.41, 5.74) is 0.0422. The van der Waals surface area contributed by atoms with Crippen LogP contribution in [0.25, 0.3) is 0 Å². The number of halogens is 2. The zero-order valence-electron chi connectivity index (χ0n) is 13.7. The summed E-state index contributed by atoms with van der Waals surface area (Å²) in [6, 6.07) is 4.31. The zero-order valence-corrected chi connectivity index (χ0v) is 15.3. The molecular weight excluding hydrogens is 365 g/mol. The van der Waals surface area contributed by atoms with E-state index in [1.54, 1.807) is 11.0 Å². The van der Waals surface area contributed by atoms with Crippen LogP contribution in [0.4, 0.5) is 9.18 Å². The molecule has 0 bridgehead atoms. The molecule has 1 aromatic carbocycles. The Morgan fingerprint density at radius 2 is 2.00 bits per heavy atom. The Morgan fingerprint density at radius 1 is 1.39 bits per heavy atom. The summed E-state index contributed by atoms with van der Waals surface area (Å²) >= 11 is 3.35. The third kappa shape index (κ3) is 4.91. The van der Waals surface area contributed by atoms with Crippen molar-refractivity contribution in [2.24, 2.45) is 5.92 Å². The number of benzene rings is 1. The number of likely N-dealkylation sites (tertiary alicyclic amines) is 1. The molecule has 1 aromatic rings. The average Bonchev–Trinajstić information content (AvgIpc) is 2.47. The maximum absolute atomic E-state index is 13.4. The summed E-state index contributed by atoms with van der Waals surface area (Å²) < 4.78 is 19.5. The van der Waals surface area contributed by atoms with E-state index < -0.39 is 11.7 Å². The highest BCUT2D eigenvalue weighted by Crippen LogP contribution is 2.35. The number of hydrogen-bond donors (Lipinski definition) is 1. The number of nitrogens with zero attached hydrogens (tertiary/aromatic N) is 1. The molecule has 4 nitrogen and oxygen atoms in total. The van der Waals surface area contributed by atoms with Crippen molar-refractivity contribution in [3.63, 3.8) is 0 Å². The highest BCUT2D eigenvalue weighted by molar-refractivity contribution is 9.10. The fourth-order valence-corrected chi connectivity index (χ4v) is 3.20. The summed E-state index contributed by atoms with van der Waals surface area (Å²) in [5.74, 6) is -0.375. The molecule has 1 N–H and O–H groups in total. The lowest BCUT2D eigenvalue weighted by atomic mass is 9.87. The molecular formula is C17H23BrFNO3. The van der Waals surface area contributed by atoms with Crippen molar-refractivity contribution in [1.29, 1.82) is 0 Å². The number of piperidine rings is 1. The molecule has 2 rings (SSSR count). The Balaban J connectivity index is 1.96. The zero-order chi connectivity index (χ0) is 17.2. The molecule has 1 amide bonds. The first-order valence-electron chi connectivity index (χ1n) is 7.78. The first-order chi connectivity index (χ1) is 10.7. The van der Waals surface area contributed by atoms with E-state index in [0.717, 1.165) is 0 Å². The molecule has 0 aromatic heterocycles. The molecule has 6 heteroatoms. The third-order valence-corrected chi connectivity index (χ3v) is 4.64. The Hall–Kier alpha value is -1.14. The van der Waals surface area contributed by atoms with Crippen LogP contribution in [-0.4, -0.2) is 34.8 Å². The van der Waals surface area contributed by atoms with Crippen LogP contribution in [0.3, 0.4) is 0 Å². The van der Waals surface area contributed by atoms with E-state index in [1.807, 2.05) is 20.8 Å². The number of rotatable bonds is 2. The molecule has 128 valence electrons. The maximum Gasteiger partial charge on any atom is 0.410 e. The lowest BCUT2D eigenvalue weighted by Crippen LogP contribution is -2.42. The molecule has 0 aliphatic carbocycles. The van der Waals surface area contributed by atoms with Gasteiger partial charge < -0.3 is 14.7 Å². The fraction of sp³-hybridized carbons (Fsp3) is 0.588. The van der Waals surface area contributed by atoms with Gasteiger partial charge in [0.1, 0.15) is 11.4 Å². The van der Waals surface area contributed by atoms with Crippen LogP contribution in [0.2, 0.25) is 0 Å². The van der Waals surface area contributed by atoms with Crippen molar-refractivity contribution in [3.8, 4) is 0 Å². The second kappa shape index (κ2) is 7.18. The van der Waals surface area contributed by atoms with E-state index in [0.29, 0.717) is 36.0 Å². The Bertz CT molecular complexity index is 565. The SMILES string of the molecule is CC(C)(C)OC(=O)N1CCC(C(O)c2cc(F)ccc2Br)CC1. The molecule has 1 aliphatic heterocycles. The van der Waals surface area contributed by atoms with E-state index in [2.05, 4.69) is 15.9 Å². The van der Waals surface area contributed by atoms with Crippen LogP contribution < -0.4 is 0 Å². The largest absolute Gasteiger partial charge is 0.444 e. The van der Waals surface area contributed by atoms with E-state index in [9.17, 15) is 14.3 Å². The lowest BCUT2D eigenvalue weighted by molar-refractivity contribution is 0.00756. The molecule has 1 unspecified atom stereocenters. The van der Waals surface area contributed by atoms with Crippen LogP contribution in [0.5, 0.6) is 0 Å². The van der Waals surface area contributed by atoms with Crippen LogP contribution in [0.1, 0.15) is 45.3 Å². The van der Waals surface area contributed by atoms with Crippen molar-refractivity contribution in [3.05, 3.63) is 34.1 Å². The van der Waals surface area contributed by atoms with E-state index in [1.165, 1.54) is 12.1 Å². The van der Waals surface area contributed by atoms with E-state index in [4.69, 9.17) is 4.74 Å².